The van der Waals surface area contributed by atoms with Crippen molar-refractivity contribution in [3.8, 4) is 0 Å². The van der Waals surface area contributed by atoms with Gasteiger partial charge in [-0.05, 0) is 50.6 Å². The number of sulfonamides is 1. The number of benzene rings is 1. The lowest BCUT2D eigenvalue weighted by Crippen LogP contribution is -2.32. The summed E-state index contributed by atoms with van der Waals surface area (Å²) in [5, 5.41) is 0. The minimum atomic E-state index is -3.96. The predicted molar refractivity (Wildman–Crippen MR) is 96.8 cm³/mol. The van der Waals surface area contributed by atoms with Crippen LogP contribution in [0, 0.1) is 19.7 Å². The lowest BCUT2D eigenvalue weighted by Gasteiger charge is -2.16. The van der Waals surface area contributed by atoms with Crippen molar-refractivity contribution in [1.29, 1.82) is 0 Å². The van der Waals surface area contributed by atoms with Crippen molar-refractivity contribution in [2.75, 3.05) is 20.2 Å². The molecule has 9 heteroatoms. The van der Waals surface area contributed by atoms with Crippen LogP contribution in [0.3, 0.4) is 0 Å². The number of rotatable bonds is 7. The summed E-state index contributed by atoms with van der Waals surface area (Å²) < 4.78 is 43.9. The summed E-state index contributed by atoms with van der Waals surface area (Å²) in [6.07, 6.45) is 0. The molecule has 2 aromatic rings. The highest BCUT2D eigenvalue weighted by Gasteiger charge is 2.27. The molecule has 0 bridgehead atoms. The van der Waals surface area contributed by atoms with E-state index in [1.54, 1.807) is 20.8 Å². The topological polar surface area (TPSA) is 96.5 Å². The first-order valence-electron chi connectivity index (χ1n) is 8.21. The Morgan fingerprint density at radius 1 is 1.19 bits per heavy atom. The second kappa shape index (κ2) is 8.01. The Morgan fingerprint density at radius 3 is 2.33 bits per heavy atom. The molecule has 2 rings (SSSR count). The van der Waals surface area contributed by atoms with Gasteiger partial charge in [-0.15, -0.1) is 0 Å². The van der Waals surface area contributed by atoms with Gasteiger partial charge >= 0.3 is 5.97 Å². The van der Waals surface area contributed by atoms with Gasteiger partial charge in [-0.3, -0.25) is 4.79 Å². The highest BCUT2D eigenvalue weighted by molar-refractivity contribution is 7.89. The van der Waals surface area contributed by atoms with Crippen molar-refractivity contribution in [3.63, 3.8) is 0 Å². The van der Waals surface area contributed by atoms with Crippen LogP contribution < -0.4 is 0 Å². The van der Waals surface area contributed by atoms with Crippen LogP contribution in [0.25, 0.3) is 0 Å². The number of hydrogen-bond acceptors (Lipinski definition) is 5. The zero-order valence-corrected chi connectivity index (χ0v) is 16.3. The maximum Gasteiger partial charge on any atom is 0.355 e. The van der Waals surface area contributed by atoms with E-state index in [1.807, 2.05) is 0 Å². The van der Waals surface area contributed by atoms with Gasteiger partial charge in [-0.1, -0.05) is 0 Å². The highest BCUT2D eigenvalue weighted by atomic mass is 32.2. The third-order valence-electron chi connectivity index (χ3n) is 4.08. The molecule has 1 aromatic heterocycles. The van der Waals surface area contributed by atoms with E-state index in [0.29, 0.717) is 11.3 Å². The first-order valence-corrected chi connectivity index (χ1v) is 9.65. The van der Waals surface area contributed by atoms with Crippen molar-refractivity contribution in [2.45, 2.75) is 25.7 Å². The van der Waals surface area contributed by atoms with E-state index < -0.39 is 34.1 Å². The molecule has 1 N–H and O–H groups in total. The van der Waals surface area contributed by atoms with Gasteiger partial charge in [0.15, 0.2) is 5.78 Å². The third-order valence-corrected chi connectivity index (χ3v) is 5.90. The zero-order chi connectivity index (χ0) is 20.4. The number of likely N-dealkylation sites (N-methyl/N-ethyl adjacent to an activating group) is 1. The smallest absolute Gasteiger partial charge is 0.355 e. The van der Waals surface area contributed by atoms with E-state index in [2.05, 4.69) is 4.98 Å². The monoisotopic (exact) mass is 396 g/mol. The van der Waals surface area contributed by atoms with Crippen LogP contribution in [0.2, 0.25) is 0 Å². The van der Waals surface area contributed by atoms with E-state index in [9.17, 15) is 22.4 Å². The van der Waals surface area contributed by atoms with Crippen LogP contribution in [0.5, 0.6) is 0 Å². The van der Waals surface area contributed by atoms with E-state index in [4.69, 9.17) is 4.74 Å². The van der Waals surface area contributed by atoms with Gasteiger partial charge in [-0.2, -0.15) is 4.31 Å². The largest absolute Gasteiger partial charge is 0.461 e. The van der Waals surface area contributed by atoms with E-state index in [1.165, 1.54) is 7.05 Å². The lowest BCUT2D eigenvalue weighted by molar-refractivity contribution is 0.0519. The van der Waals surface area contributed by atoms with Crippen LogP contribution in [0.1, 0.15) is 39.0 Å². The summed E-state index contributed by atoms with van der Waals surface area (Å²) in [5.74, 6) is -1.60. The number of hydrogen-bond donors (Lipinski definition) is 1. The fourth-order valence-electron chi connectivity index (χ4n) is 2.73. The maximum absolute atomic E-state index is 13.0. The number of ether oxygens (including phenoxy) is 1. The predicted octanol–water partition coefficient (Wildman–Crippen LogP) is 2.45. The number of esters is 1. The summed E-state index contributed by atoms with van der Waals surface area (Å²) in [4.78, 5) is 27.3. The molecule has 146 valence electrons. The Bertz CT molecular complexity index is 964. The van der Waals surface area contributed by atoms with Gasteiger partial charge in [0.05, 0.1) is 18.0 Å². The zero-order valence-electron chi connectivity index (χ0n) is 15.5. The molecule has 27 heavy (non-hydrogen) atoms. The Morgan fingerprint density at radius 2 is 1.78 bits per heavy atom. The number of aromatic nitrogens is 1. The van der Waals surface area contributed by atoms with Crippen molar-refractivity contribution >= 4 is 21.8 Å². The van der Waals surface area contributed by atoms with Gasteiger partial charge < -0.3 is 9.72 Å². The molecule has 0 saturated heterocycles. The molecular formula is C18H21FN2O5S. The van der Waals surface area contributed by atoms with Crippen molar-refractivity contribution in [1.82, 2.24) is 9.29 Å². The Hall–Kier alpha value is -2.52. The molecule has 0 amide bonds. The molecular weight excluding hydrogens is 375 g/mol. The average molecular weight is 396 g/mol. The molecule has 0 aliphatic heterocycles. The lowest BCUT2D eigenvalue weighted by atomic mass is 10.1. The molecule has 0 fully saturated rings. The molecule has 0 atom stereocenters. The number of aromatic amines is 1. The van der Waals surface area contributed by atoms with Crippen molar-refractivity contribution < 1.29 is 27.1 Å². The van der Waals surface area contributed by atoms with Gasteiger partial charge in [0.1, 0.15) is 11.5 Å². The number of H-pyrrole nitrogens is 1. The summed E-state index contributed by atoms with van der Waals surface area (Å²) >= 11 is 0. The fourth-order valence-corrected chi connectivity index (χ4v) is 3.86. The van der Waals surface area contributed by atoms with Crippen LogP contribution in [0.15, 0.2) is 29.2 Å². The second-order valence-electron chi connectivity index (χ2n) is 5.98. The van der Waals surface area contributed by atoms with Crippen molar-refractivity contribution in [2.24, 2.45) is 0 Å². The molecule has 0 unspecified atom stereocenters. The van der Waals surface area contributed by atoms with Crippen molar-refractivity contribution in [3.05, 3.63) is 52.6 Å². The Kier molecular flexibility index (Phi) is 6.17. The molecule has 7 nitrogen and oxygen atoms in total. The number of carbonyl (C=O) groups excluding carboxylic acids is 2. The summed E-state index contributed by atoms with van der Waals surface area (Å²) in [7, 11) is -2.69. The minimum absolute atomic E-state index is 0.117. The van der Waals surface area contributed by atoms with Crippen LogP contribution in [0.4, 0.5) is 4.39 Å². The summed E-state index contributed by atoms with van der Waals surface area (Å²) in [5.41, 5.74) is 1.28. The molecule has 0 aliphatic carbocycles. The Labute approximate surface area is 157 Å². The molecule has 0 spiro atoms. The minimum Gasteiger partial charge on any atom is -0.461 e. The third kappa shape index (κ3) is 4.25. The second-order valence-corrected chi connectivity index (χ2v) is 8.03. The summed E-state index contributed by atoms with van der Waals surface area (Å²) in [6.45, 7) is 4.65. The molecule has 0 radical (unpaired) electrons. The summed E-state index contributed by atoms with van der Waals surface area (Å²) in [6, 6.07) is 4.35. The normalized spacial score (nSPS) is 11.6. The number of carbonyl (C=O) groups is 2. The van der Waals surface area contributed by atoms with Gasteiger partial charge in [0.2, 0.25) is 10.0 Å². The van der Waals surface area contributed by atoms with Crippen LogP contribution >= 0.6 is 0 Å². The van der Waals surface area contributed by atoms with E-state index in [-0.39, 0.29) is 22.8 Å². The number of nitrogens with zero attached hydrogens (tertiary/aromatic N) is 1. The molecule has 1 heterocycles. The Balaban J connectivity index is 2.26. The average Bonchev–Trinajstić information content (AvgIpc) is 2.90. The van der Waals surface area contributed by atoms with Crippen LogP contribution in [-0.4, -0.2) is 49.7 Å². The van der Waals surface area contributed by atoms with Gasteiger partial charge in [0.25, 0.3) is 0 Å². The number of nitrogens with one attached hydrogen (secondary N) is 1. The van der Waals surface area contributed by atoms with Gasteiger partial charge in [0, 0.05) is 18.3 Å². The first-order chi connectivity index (χ1) is 12.6. The number of ketones is 1. The standard InChI is InChI=1S/C18H21FN2O5S/c1-5-26-18(23)17-11(2)16(12(3)20-17)15(22)10-21(4)27(24,25)14-8-6-13(19)7-9-14/h6-9,20H,5,10H2,1-4H3. The highest BCUT2D eigenvalue weighted by Crippen LogP contribution is 2.21. The quantitative estimate of drug-likeness (QED) is 0.573. The molecule has 0 aliphatic rings. The number of halogens is 1. The maximum atomic E-state index is 13.0. The number of Topliss-reactive ketones (excluding diaryl/α,β-unsaturated/α-hetero) is 1. The van der Waals surface area contributed by atoms with Gasteiger partial charge in [-0.25, -0.2) is 17.6 Å². The van der Waals surface area contributed by atoms with E-state index >= 15 is 0 Å². The van der Waals surface area contributed by atoms with Crippen LogP contribution in [-0.2, 0) is 14.8 Å². The fraction of sp³-hybridized carbons (Fsp3) is 0.333. The SMILES string of the molecule is CCOC(=O)c1[nH]c(C)c(C(=O)CN(C)S(=O)(=O)c2ccc(F)cc2)c1C. The number of aryl methyl sites for hydroxylation is 1. The first kappa shape index (κ1) is 20.8. The molecule has 0 saturated carbocycles. The molecule has 1 aromatic carbocycles. The van der Waals surface area contributed by atoms with E-state index in [0.717, 1.165) is 28.6 Å².